The Labute approximate surface area is 49.0 Å². The Kier molecular flexibility index (Phi) is 1.15. The number of β-lactam (4-membered cyclic amide) rings is 1. The van der Waals surface area contributed by atoms with Gasteiger partial charge in [-0.2, -0.15) is 13.2 Å². The van der Waals surface area contributed by atoms with E-state index in [-0.39, 0.29) is 0 Å². The number of hydrogen-bond donors (Lipinski definition) is 1. The lowest BCUT2D eigenvalue weighted by Gasteiger charge is -2.28. The van der Waals surface area contributed by atoms with Crippen molar-refractivity contribution in [1.82, 2.24) is 5.32 Å². The monoisotopic (exact) mass is 139 g/mol. The molecule has 1 atom stereocenters. The Morgan fingerprint density at radius 2 is 2.00 bits per heavy atom. The maximum atomic E-state index is 11.5. The summed E-state index contributed by atoms with van der Waals surface area (Å²) in [6, 6.07) is -1.59. The highest BCUT2D eigenvalue weighted by Crippen LogP contribution is 2.26. The molecule has 1 aliphatic heterocycles. The SMILES string of the molecule is O=C1C[C@@H](C(F)(F)F)N1. The van der Waals surface area contributed by atoms with Gasteiger partial charge in [0.05, 0.1) is 6.42 Å². The summed E-state index contributed by atoms with van der Waals surface area (Å²) in [5.41, 5.74) is 0. The molecule has 0 saturated carbocycles. The number of carbonyl (C=O) groups excluding carboxylic acids is 1. The number of hydrogen-bond acceptors (Lipinski definition) is 1. The number of rotatable bonds is 0. The summed E-state index contributed by atoms with van der Waals surface area (Å²) in [5.74, 6) is -0.530. The van der Waals surface area contributed by atoms with E-state index in [4.69, 9.17) is 0 Å². The minimum Gasteiger partial charge on any atom is -0.344 e. The molecule has 5 heteroatoms. The molecule has 0 aliphatic carbocycles. The fourth-order valence-corrected chi connectivity index (χ4v) is 0.556. The van der Waals surface area contributed by atoms with Crippen molar-refractivity contribution in [2.45, 2.75) is 18.6 Å². The molecule has 1 N–H and O–H groups in total. The Morgan fingerprint density at radius 1 is 1.56 bits per heavy atom. The normalized spacial score (nSPS) is 27.0. The van der Waals surface area contributed by atoms with E-state index in [1.807, 2.05) is 0 Å². The smallest absolute Gasteiger partial charge is 0.344 e. The first-order valence-electron chi connectivity index (χ1n) is 2.36. The predicted molar refractivity (Wildman–Crippen MR) is 22.6 cm³/mol. The first-order valence-corrected chi connectivity index (χ1v) is 2.36. The van der Waals surface area contributed by atoms with E-state index in [2.05, 4.69) is 0 Å². The first-order chi connectivity index (χ1) is 4.00. The maximum absolute atomic E-state index is 11.5. The van der Waals surface area contributed by atoms with Crippen LogP contribution in [0.3, 0.4) is 0 Å². The Hall–Kier alpha value is -0.740. The molecule has 9 heavy (non-hydrogen) atoms. The number of amides is 1. The van der Waals surface area contributed by atoms with Gasteiger partial charge in [-0.15, -0.1) is 0 Å². The van der Waals surface area contributed by atoms with Crippen LogP contribution in [0, 0.1) is 0 Å². The molecule has 0 radical (unpaired) electrons. The molecule has 0 spiro atoms. The van der Waals surface area contributed by atoms with Crippen molar-refractivity contribution in [3.8, 4) is 0 Å². The molecule has 0 aromatic heterocycles. The minimum atomic E-state index is -4.26. The van der Waals surface area contributed by atoms with Crippen molar-refractivity contribution in [3.63, 3.8) is 0 Å². The fourth-order valence-electron chi connectivity index (χ4n) is 0.556. The zero-order valence-electron chi connectivity index (χ0n) is 4.33. The molecular formula is C4H4F3NO. The highest BCUT2D eigenvalue weighted by atomic mass is 19.4. The van der Waals surface area contributed by atoms with Gasteiger partial charge in [0.1, 0.15) is 6.04 Å². The number of nitrogens with one attached hydrogen (secondary N) is 1. The lowest BCUT2D eigenvalue weighted by molar-refractivity contribution is -0.179. The molecule has 2 nitrogen and oxygen atoms in total. The third-order valence-corrected chi connectivity index (χ3v) is 1.12. The van der Waals surface area contributed by atoms with Crippen molar-refractivity contribution in [2.75, 3.05) is 0 Å². The number of alkyl halides is 3. The number of halogens is 3. The second kappa shape index (κ2) is 1.62. The van der Waals surface area contributed by atoms with Gasteiger partial charge in [0, 0.05) is 0 Å². The Morgan fingerprint density at radius 3 is 2.11 bits per heavy atom. The molecule has 1 heterocycles. The van der Waals surface area contributed by atoms with E-state index in [0.717, 1.165) is 0 Å². The van der Waals surface area contributed by atoms with Gasteiger partial charge in [-0.1, -0.05) is 0 Å². The highest BCUT2D eigenvalue weighted by molar-refractivity contribution is 5.83. The van der Waals surface area contributed by atoms with Crippen LogP contribution in [0.2, 0.25) is 0 Å². The summed E-state index contributed by atoms with van der Waals surface area (Å²) in [6.45, 7) is 0. The minimum absolute atomic E-state index is 0.413. The van der Waals surface area contributed by atoms with E-state index in [0.29, 0.717) is 0 Å². The van der Waals surface area contributed by atoms with Gasteiger partial charge in [0.15, 0.2) is 0 Å². The molecular weight excluding hydrogens is 135 g/mol. The standard InChI is InChI=1S/C4H4F3NO/c5-4(6,7)2-1-3(9)8-2/h2H,1H2,(H,8,9)/t2-/m0/s1. The summed E-state index contributed by atoms with van der Waals surface area (Å²) in [7, 11) is 0. The molecule has 0 aromatic carbocycles. The third kappa shape index (κ3) is 1.14. The van der Waals surface area contributed by atoms with Gasteiger partial charge in [0.25, 0.3) is 0 Å². The van der Waals surface area contributed by atoms with Crippen LogP contribution < -0.4 is 5.32 Å². The molecule has 1 aliphatic rings. The number of carbonyl (C=O) groups is 1. The predicted octanol–water partition coefficient (Wildman–Crippen LogP) is 0.437. The molecule has 1 fully saturated rings. The Balaban J connectivity index is 2.40. The second-order valence-electron chi connectivity index (χ2n) is 1.87. The average molecular weight is 139 g/mol. The molecule has 0 bridgehead atoms. The molecule has 52 valence electrons. The van der Waals surface area contributed by atoms with Crippen molar-refractivity contribution < 1.29 is 18.0 Å². The summed E-state index contributed by atoms with van der Waals surface area (Å²) < 4.78 is 34.4. The van der Waals surface area contributed by atoms with Crippen LogP contribution >= 0.6 is 0 Å². The van der Waals surface area contributed by atoms with Crippen molar-refractivity contribution in [1.29, 1.82) is 0 Å². The zero-order chi connectivity index (χ0) is 7.07. The van der Waals surface area contributed by atoms with Crippen LogP contribution in [-0.2, 0) is 4.79 Å². The molecule has 1 saturated heterocycles. The lowest BCUT2D eigenvalue weighted by atomic mass is 10.1. The van der Waals surface area contributed by atoms with Crippen LogP contribution in [0.15, 0.2) is 0 Å². The lowest BCUT2D eigenvalue weighted by Crippen LogP contribution is -2.56. The van der Waals surface area contributed by atoms with Gasteiger partial charge in [-0.25, -0.2) is 0 Å². The summed E-state index contributed by atoms with van der Waals surface area (Å²) in [6.07, 6.45) is -4.67. The third-order valence-electron chi connectivity index (χ3n) is 1.12. The van der Waals surface area contributed by atoms with E-state index in [1.165, 1.54) is 0 Å². The van der Waals surface area contributed by atoms with Crippen molar-refractivity contribution in [2.24, 2.45) is 0 Å². The van der Waals surface area contributed by atoms with Crippen LogP contribution in [0.1, 0.15) is 6.42 Å². The summed E-state index contributed by atoms with van der Waals surface area (Å²) in [5, 5.41) is 1.72. The molecule has 1 amide bonds. The fraction of sp³-hybridized carbons (Fsp3) is 0.750. The second-order valence-corrected chi connectivity index (χ2v) is 1.87. The van der Waals surface area contributed by atoms with Crippen molar-refractivity contribution in [3.05, 3.63) is 0 Å². The van der Waals surface area contributed by atoms with Crippen molar-refractivity contribution >= 4 is 5.91 Å². The molecule has 0 unspecified atom stereocenters. The summed E-state index contributed by atoms with van der Waals surface area (Å²) >= 11 is 0. The van der Waals surface area contributed by atoms with Crippen LogP contribution in [0.4, 0.5) is 13.2 Å². The zero-order valence-corrected chi connectivity index (χ0v) is 4.33. The van der Waals surface area contributed by atoms with Crippen LogP contribution in [0.25, 0.3) is 0 Å². The van der Waals surface area contributed by atoms with Crippen LogP contribution in [-0.4, -0.2) is 18.1 Å². The average Bonchev–Trinajstić information content (AvgIpc) is 1.55. The Bertz CT molecular complexity index is 133. The highest BCUT2D eigenvalue weighted by Gasteiger charge is 2.47. The van der Waals surface area contributed by atoms with E-state index in [9.17, 15) is 18.0 Å². The topological polar surface area (TPSA) is 29.1 Å². The summed E-state index contributed by atoms with van der Waals surface area (Å²) in [4.78, 5) is 9.95. The quantitative estimate of drug-likeness (QED) is 0.484. The van der Waals surface area contributed by atoms with Crippen LogP contribution in [0.5, 0.6) is 0 Å². The van der Waals surface area contributed by atoms with E-state index >= 15 is 0 Å². The van der Waals surface area contributed by atoms with Gasteiger partial charge in [-0.3, -0.25) is 4.79 Å². The largest absolute Gasteiger partial charge is 0.409 e. The van der Waals surface area contributed by atoms with Gasteiger partial charge in [0.2, 0.25) is 5.91 Å². The molecule has 1 rings (SSSR count). The van der Waals surface area contributed by atoms with E-state index < -0.39 is 24.5 Å². The first kappa shape index (κ1) is 6.38. The van der Waals surface area contributed by atoms with Gasteiger partial charge >= 0.3 is 6.18 Å². The van der Waals surface area contributed by atoms with E-state index in [1.54, 1.807) is 5.32 Å². The van der Waals surface area contributed by atoms with Gasteiger partial charge < -0.3 is 5.32 Å². The van der Waals surface area contributed by atoms with Gasteiger partial charge in [-0.05, 0) is 0 Å². The molecule has 0 aromatic rings. The maximum Gasteiger partial charge on any atom is 0.409 e.